The number of anilines is 1. The van der Waals surface area contributed by atoms with Crippen LogP contribution in [0.1, 0.15) is 5.76 Å². The summed E-state index contributed by atoms with van der Waals surface area (Å²) in [5, 5.41) is 11.3. The van der Waals surface area contributed by atoms with Gasteiger partial charge in [-0.1, -0.05) is 36.1 Å². The Bertz CT molecular complexity index is 1270. The number of furan rings is 1. The van der Waals surface area contributed by atoms with Crippen LogP contribution in [-0.2, 0) is 4.79 Å². The molecule has 0 unspecified atom stereocenters. The van der Waals surface area contributed by atoms with Gasteiger partial charge in [-0.15, -0.1) is 0 Å². The lowest BCUT2D eigenvalue weighted by molar-refractivity contribution is -0.384. The summed E-state index contributed by atoms with van der Waals surface area (Å²) in [7, 11) is 3.04. The number of nitro benzene ring substituents is 1. The number of benzene rings is 2. The van der Waals surface area contributed by atoms with E-state index in [0.29, 0.717) is 43.5 Å². The van der Waals surface area contributed by atoms with Gasteiger partial charge in [0, 0.05) is 18.2 Å². The minimum absolute atomic E-state index is 0.0636. The number of nitrogens with zero attached hydrogens (tertiary/aromatic N) is 2. The van der Waals surface area contributed by atoms with Gasteiger partial charge in [0.1, 0.15) is 23.0 Å². The Balaban J connectivity index is 1.65. The Labute approximate surface area is 192 Å². The molecule has 1 aliphatic rings. The predicted octanol–water partition coefficient (Wildman–Crippen LogP) is 5.28. The zero-order valence-electron chi connectivity index (χ0n) is 16.9. The first-order valence-electron chi connectivity index (χ1n) is 9.26. The molecule has 8 nitrogen and oxygen atoms in total. The lowest BCUT2D eigenvalue weighted by Crippen LogP contribution is -2.27. The molecule has 1 fully saturated rings. The van der Waals surface area contributed by atoms with Gasteiger partial charge >= 0.3 is 0 Å². The number of hydrogen-bond donors (Lipinski definition) is 0. The lowest BCUT2D eigenvalue weighted by atomic mass is 10.1. The van der Waals surface area contributed by atoms with Crippen molar-refractivity contribution in [3.63, 3.8) is 0 Å². The molecule has 0 spiro atoms. The molecule has 0 aliphatic carbocycles. The molecule has 2 aromatic carbocycles. The summed E-state index contributed by atoms with van der Waals surface area (Å²) in [5.74, 6) is 1.41. The zero-order chi connectivity index (χ0) is 22.8. The summed E-state index contributed by atoms with van der Waals surface area (Å²) in [5.41, 5.74) is 0.790. The molecular formula is C22H16N2O6S2. The molecule has 162 valence electrons. The van der Waals surface area contributed by atoms with Crippen LogP contribution in [-0.4, -0.2) is 29.4 Å². The average molecular weight is 469 g/mol. The number of methoxy groups -OCH3 is 2. The smallest absolute Gasteiger partial charge is 0.280 e. The molecule has 10 heteroatoms. The van der Waals surface area contributed by atoms with Gasteiger partial charge < -0.3 is 13.9 Å². The van der Waals surface area contributed by atoms with E-state index in [9.17, 15) is 14.9 Å². The third kappa shape index (κ3) is 3.97. The molecule has 1 saturated heterocycles. The van der Waals surface area contributed by atoms with Crippen molar-refractivity contribution in [2.45, 2.75) is 0 Å². The zero-order valence-corrected chi connectivity index (χ0v) is 18.6. The summed E-state index contributed by atoms with van der Waals surface area (Å²) < 4.78 is 16.7. The number of carbonyl (C=O) groups excluding carboxylic acids is 1. The van der Waals surface area contributed by atoms with Gasteiger partial charge in [0.2, 0.25) is 0 Å². The minimum atomic E-state index is -0.467. The van der Waals surface area contributed by atoms with Crippen LogP contribution in [0.4, 0.5) is 11.4 Å². The number of thioether (sulfide) groups is 1. The van der Waals surface area contributed by atoms with Crippen molar-refractivity contribution in [3.8, 4) is 22.8 Å². The second-order valence-electron chi connectivity index (χ2n) is 6.53. The van der Waals surface area contributed by atoms with E-state index in [-0.39, 0.29) is 11.6 Å². The van der Waals surface area contributed by atoms with Gasteiger partial charge in [0.15, 0.2) is 4.32 Å². The third-order valence-electron chi connectivity index (χ3n) is 4.69. The summed E-state index contributed by atoms with van der Waals surface area (Å²) in [4.78, 5) is 25.7. The number of amides is 1. The minimum Gasteiger partial charge on any atom is -0.497 e. The van der Waals surface area contributed by atoms with E-state index >= 15 is 0 Å². The predicted molar refractivity (Wildman–Crippen MR) is 126 cm³/mol. The highest BCUT2D eigenvalue weighted by atomic mass is 32.2. The van der Waals surface area contributed by atoms with Crippen LogP contribution in [0.2, 0.25) is 0 Å². The Hall–Kier alpha value is -3.63. The number of hydrogen-bond acceptors (Lipinski definition) is 8. The maximum absolute atomic E-state index is 13.1. The Kier molecular flexibility index (Phi) is 5.97. The van der Waals surface area contributed by atoms with Crippen molar-refractivity contribution >= 4 is 51.7 Å². The van der Waals surface area contributed by atoms with Crippen LogP contribution < -0.4 is 14.4 Å². The molecule has 4 rings (SSSR count). The van der Waals surface area contributed by atoms with Crippen molar-refractivity contribution in [1.82, 2.24) is 0 Å². The molecule has 3 aromatic rings. The molecule has 1 amide bonds. The summed E-state index contributed by atoms with van der Waals surface area (Å²) in [6, 6.07) is 14.6. The standard InChI is InChI=1S/C22H16N2O6S2/c1-28-13-7-9-17(19(11-13)29-2)23-21(25)20(32-22(23)31)12-14-8-10-18(30-14)15-5-3-4-6-16(15)24(26)27/h3-12H,1-2H3. The van der Waals surface area contributed by atoms with Crippen molar-refractivity contribution in [1.29, 1.82) is 0 Å². The fourth-order valence-electron chi connectivity index (χ4n) is 3.19. The molecule has 0 radical (unpaired) electrons. The molecule has 0 atom stereocenters. The van der Waals surface area contributed by atoms with E-state index in [1.807, 2.05) is 0 Å². The van der Waals surface area contributed by atoms with E-state index in [1.54, 1.807) is 61.7 Å². The van der Waals surface area contributed by atoms with Crippen LogP contribution in [0.3, 0.4) is 0 Å². The van der Waals surface area contributed by atoms with E-state index in [1.165, 1.54) is 18.1 Å². The van der Waals surface area contributed by atoms with Crippen LogP contribution in [0.25, 0.3) is 17.4 Å². The van der Waals surface area contributed by atoms with Crippen LogP contribution in [0, 0.1) is 10.1 Å². The SMILES string of the molecule is COc1ccc(N2C(=O)C(=Cc3ccc(-c4ccccc4[N+](=O)[O-])o3)SC2=S)c(OC)c1. The first kappa shape index (κ1) is 21.6. The summed E-state index contributed by atoms with van der Waals surface area (Å²) in [6.45, 7) is 0. The summed E-state index contributed by atoms with van der Waals surface area (Å²) >= 11 is 6.55. The lowest BCUT2D eigenvalue weighted by Gasteiger charge is -2.18. The Morgan fingerprint density at radius 3 is 2.62 bits per heavy atom. The molecule has 0 bridgehead atoms. The van der Waals surface area contributed by atoms with Gasteiger partial charge in [0.25, 0.3) is 11.6 Å². The highest BCUT2D eigenvalue weighted by Gasteiger charge is 2.35. The number of carbonyl (C=O) groups is 1. The van der Waals surface area contributed by atoms with Gasteiger partial charge in [-0.2, -0.15) is 0 Å². The maximum Gasteiger partial charge on any atom is 0.280 e. The molecule has 2 heterocycles. The first-order valence-corrected chi connectivity index (χ1v) is 10.5. The molecule has 0 saturated carbocycles. The molecule has 1 aromatic heterocycles. The van der Waals surface area contributed by atoms with Gasteiger partial charge in [0.05, 0.1) is 35.3 Å². The number of nitro groups is 1. The molecular weight excluding hydrogens is 452 g/mol. The third-order valence-corrected chi connectivity index (χ3v) is 5.99. The summed E-state index contributed by atoms with van der Waals surface area (Å²) in [6.07, 6.45) is 1.56. The second kappa shape index (κ2) is 8.85. The van der Waals surface area contributed by atoms with E-state index in [0.717, 1.165) is 11.8 Å². The fourth-order valence-corrected chi connectivity index (χ4v) is 4.46. The maximum atomic E-state index is 13.1. The topological polar surface area (TPSA) is 95.0 Å². The number of rotatable bonds is 6. The van der Waals surface area contributed by atoms with E-state index < -0.39 is 4.92 Å². The highest BCUT2D eigenvalue weighted by molar-refractivity contribution is 8.27. The highest BCUT2D eigenvalue weighted by Crippen LogP contribution is 2.41. The van der Waals surface area contributed by atoms with Crippen LogP contribution in [0.5, 0.6) is 11.5 Å². The molecule has 1 aliphatic heterocycles. The van der Waals surface area contributed by atoms with Crippen molar-refractivity contribution in [2.75, 3.05) is 19.1 Å². The largest absolute Gasteiger partial charge is 0.497 e. The van der Waals surface area contributed by atoms with Crippen LogP contribution in [0.15, 0.2) is 63.9 Å². The van der Waals surface area contributed by atoms with Gasteiger partial charge in [-0.05, 0) is 30.3 Å². The van der Waals surface area contributed by atoms with E-state index in [2.05, 4.69) is 0 Å². The van der Waals surface area contributed by atoms with Gasteiger partial charge in [-0.25, -0.2) is 0 Å². The van der Waals surface area contributed by atoms with Crippen LogP contribution >= 0.6 is 24.0 Å². The van der Waals surface area contributed by atoms with Crippen molar-refractivity contribution in [2.24, 2.45) is 0 Å². The monoisotopic (exact) mass is 468 g/mol. The van der Waals surface area contributed by atoms with Gasteiger partial charge in [-0.3, -0.25) is 19.8 Å². The van der Waals surface area contributed by atoms with Crippen molar-refractivity contribution in [3.05, 3.63) is 75.4 Å². The normalized spacial score (nSPS) is 14.8. The number of thiocarbonyl (C=S) groups is 1. The number of ether oxygens (including phenoxy) is 2. The molecule has 32 heavy (non-hydrogen) atoms. The first-order chi connectivity index (χ1) is 15.4. The van der Waals surface area contributed by atoms with E-state index in [4.69, 9.17) is 26.1 Å². The Morgan fingerprint density at radius 2 is 1.91 bits per heavy atom. The second-order valence-corrected chi connectivity index (χ2v) is 8.21. The Morgan fingerprint density at radius 1 is 1.12 bits per heavy atom. The van der Waals surface area contributed by atoms with Crippen molar-refractivity contribution < 1.29 is 23.6 Å². The fraction of sp³-hybridized carbons (Fsp3) is 0.0909. The quantitative estimate of drug-likeness (QED) is 0.209. The average Bonchev–Trinajstić information content (AvgIpc) is 3.37. The molecule has 0 N–H and O–H groups in total. The number of para-hydroxylation sites is 1.